The quantitative estimate of drug-likeness (QED) is 0.816. The Bertz CT molecular complexity index is 877. The SMILES string of the molecule is Cl.NCc1cc(C(=O)N2CCN(S(=O)(=O)c3ccccc3Cl)CC2)co1. The zero-order valence-electron chi connectivity index (χ0n) is 13.8. The van der Waals surface area contributed by atoms with Crippen molar-refractivity contribution >= 4 is 39.9 Å². The molecule has 0 atom stereocenters. The minimum absolute atomic E-state index is 0. The molecule has 10 heteroatoms. The second-order valence-corrected chi connectivity index (χ2v) is 7.95. The van der Waals surface area contributed by atoms with Gasteiger partial charge in [-0.2, -0.15) is 4.31 Å². The van der Waals surface area contributed by atoms with Gasteiger partial charge in [0.15, 0.2) is 0 Å². The Morgan fingerprint density at radius 1 is 1.19 bits per heavy atom. The zero-order valence-corrected chi connectivity index (χ0v) is 16.2. The van der Waals surface area contributed by atoms with Crippen molar-refractivity contribution in [3.05, 3.63) is 52.9 Å². The van der Waals surface area contributed by atoms with Crippen LogP contribution in [0.1, 0.15) is 16.1 Å². The van der Waals surface area contributed by atoms with Crippen molar-refractivity contribution in [3.63, 3.8) is 0 Å². The Kier molecular flexibility index (Phi) is 6.70. The van der Waals surface area contributed by atoms with Crippen LogP contribution >= 0.6 is 24.0 Å². The lowest BCUT2D eigenvalue weighted by Gasteiger charge is -2.33. The molecule has 0 unspecified atom stereocenters. The number of benzene rings is 1. The molecule has 2 N–H and O–H groups in total. The van der Waals surface area contributed by atoms with Crippen molar-refractivity contribution in [2.75, 3.05) is 26.2 Å². The van der Waals surface area contributed by atoms with E-state index in [4.69, 9.17) is 21.8 Å². The van der Waals surface area contributed by atoms with Gasteiger partial charge in [0.05, 0.1) is 17.1 Å². The van der Waals surface area contributed by atoms with Crippen LogP contribution in [-0.4, -0.2) is 49.7 Å². The van der Waals surface area contributed by atoms with E-state index in [1.165, 1.54) is 16.6 Å². The fourth-order valence-electron chi connectivity index (χ4n) is 2.71. The number of rotatable bonds is 4. The summed E-state index contributed by atoms with van der Waals surface area (Å²) in [5.41, 5.74) is 5.89. The normalized spacial score (nSPS) is 15.5. The third-order valence-electron chi connectivity index (χ3n) is 4.08. The lowest BCUT2D eigenvalue weighted by atomic mass is 10.2. The summed E-state index contributed by atoms with van der Waals surface area (Å²) in [6.07, 6.45) is 1.37. The predicted octanol–water partition coefficient (Wildman–Crippen LogP) is 1.96. The molecule has 0 bridgehead atoms. The fourth-order valence-corrected chi connectivity index (χ4v) is 4.62. The minimum Gasteiger partial charge on any atom is -0.467 e. The maximum atomic E-state index is 12.7. The lowest BCUT2D eigenvalue weighted by Crippen LogP contribution is -2.50. The number of nitrogens with zero attached hydrogens (tertiary/aromatic N) is 2. The summed E-state index contributed by atoms with van der Waals surface area (Å²) in [5, 5.41) is 0.189. The molecular formula is C16H19Cl2N3O4S. The molecule has 3 rings (SSSR count). The molecule has 1 saturated heterocycles. The molecule has 0 aliphatic carbocycles. The number of sulfonamides is 1. The Labute approximate surface area is 163 Å². The first-order valence-electron chi connectivity index (χ1n) is 7.75. The zero-order chi connectivity index (χ0) is 18.0. The predicted molar refractivity (Wildman–Crippen MR) is 100.0 cm³/mol. The Hall–Kier alpha value is -1.58. The summed E-state index contributed by atoms with van der Waals surface area (Å²) in [7, 11) is -3.68. The molecule has 2 heterocycles. The van der Waals surface area contributed by atoms with Crippen molar-refractivity contribution in [3.8, 4) is 0 Å². The third-order valence-corrected chi connectivity index (χ3v) is 6.48. The van der Waals surface area contributed by atoms with Crippen LogP contribution in [0, 0.1) is 0 Å². The van der Waals surface area contributed by atoms with E-state index in [2.05, 4.69) is 0 Å². The molecule has 1 amide bonds. The van der Waals surface area contributed by atoms with E-state index >= 15 is 0 Å². The fraction of sp³-hybridized carbons (Fsp3) is 0.312. The molecule has 26 heavy (non-hydrogen) atoms. The highest BCUT2D eigenvalue weighted by Crippen LogP contribution is 2.25. The Morgan fingerprint density at radius 3 is 2.42 bits per heavy atom. The summed E-state index contributed by atoms with van der Waals surface area (Å²) in [5.74, 6) is 0.335. The molecule has 0 radical (unpaired) electrons. The van der Waals surface area contributed by atoms with Crippen LogP contribution in [0.3, 0.4) is 0 Å². The molecule has 0 spiro atoms. The van der Waals surface area contributed by atoms with Crippen LogP contribution in [0.25, 0.3) is 0 Å². The number of furan rings is 1. The van der Waals surface area contributed by atoms with Gasteiger partial charge in [-0.3, -0.25) is 4.79 Å². The highest BCUT2D eigenvalue weighted by atomic mass is 35.5. The maximum absolute atomic E-state index is 12.7. The number of carbonyl (C=O) groups is 1. The van der Waals surface area contributed by atoms with Crippen molar-refractivity contribution in [2.45, 2.75) is 11.4 Å². The average Bonchev–Trinajstić information content (AvgIpc) is 3.10. The molecule has 1 aliphatic heterocycles. The first-order chi connectivity index (χ1) is 11.9. The minimum atomic E-state index is -3.68. The Balaban J connectivity index is 0.00000243. The molecular weight excluding hydrogens is 401 g/mol. The molecule has 142 valence electrons. The van der Waals surface area contributed by atoms with E-state index in [1.54, 1.807) is 29.2 Å². The molecule has 0 saturated carbocycles. The van der Waals surface area contributed by atoms with Gasteiger partial charge in [0.2, 0.25) is 10.0 Å². The monoisotopic (exact) mass is 419 g/mol. The van der Waals surface area contributed by atoms with Crippen LogP contribution in [0.5, 0.6) is 0 Å². The van der Waals surface area contributed by atoms with Crippen LogP contribution in [0.2, 0.25) is 5.02 Å². The molecule has 2 aromatic rings. The van der Waals surface area contributed by atoms with Gasteiger partial charge in [0, 0.05) is 26.2 Å². The van der Waals surface area contributed by atoms with Gasteiger partial charge < -0.3 is 15.1 Å². The summed E-state index contributed by atoms with van der Waals surface area (Å²) in [6, 6.07) is 7.94. The molecule has 1 aromatic heterocycles. The van der Waals surface area contributed by atoms with Gasteiger partial charge in [-0.15, -0.1) is 12.4 Å². The van der Waals surface area contributed by atoms with Crippen molar-refractivity contribution in [2.24, 2.45) is 5.73 Å². The number of hydrogen-bond acceptors (Lipinski definition) is 5. The van der Waals surface area contributed by atoms with E-state index in [9.17, 15) is 13.2 Å². The number of carbonyl (C=O) groups excluding carboxylic acids is 1. The summed E-state index contributed by atoms with van der Waals surface area (Å²) >= 11 is 6.01. The highest BCUT2D eigenvalue weighted by Gasteiger charge is 2.31. The second-order valence-electron chi connectivity index (χ2n) is 5.63. The highest BCUT2D eigenvalue weighted by molar-refractivity contribution is 7.89. The van der Waals surface area contributed by atoms with Crippen molar-refractivity contribution in [1.82, 2.24) is 9.21 Å². The number of hydrogen-bond donors (Lipinski definition) is 1. The third kappa shape index (κ3) is 4.05. The first kappa shape index (κ1) is 20.7. The van der Waals surface area contributed by atoms with Gasteiger partial charge in [-0.1, -0.05) is 23.7 Å². The van der Waals surface area contributed by atoms with Gasteiger partial charge in [0.1, 0.15) is 16.9 Å². The molecule has 1 aliphatic rings. The summed E-state index contributed by atoms with van der Waals surface area (Å²) in [6.45, 7) is 1.23. The van der Waals surface area contributed by atoms with Crippen molar-refractivity contribution < 1.29 is 17.6 Å². The first-order valence-corrected chi connectivity index (χ1v) is 9.56. The number of piperazine rings is 1. The van der Waals surface area contributed by atoms with Crippen LogP contribution in [0.15, 0.2) is 45.9 Å². The number of nitrogens with two attached hydrogens (primary N) is 1. The molecule has 7 nitrogen and oxygen atoms in total. The van der Waals surface area contributed by atoms with Gasteiger partial charge >= 0.3 is 0 Å². The van der Waals surface area contributed by atoms with E-state index in [-0.39, 0.29) is 47.9 Å². The van der Waals surface area contributed by atoms with E-state index < -0.39 is 10.0 Å². The lowest BCUT2D eigenvalue weighted by molar-refractivity contribution is 0.0697. The van der Waals surface area contributed by atoms with Gasteiger partial charge in [0.25, 0.3) is 5.91 Å². The van der Waals surface area contributed by atoms with E-state index in [0.717, 1.165) is 0 Å². The maximum Gasteiger partial charge on any atom is 0.257 e. The number of amides is 1. The topological polar surface area (TPSA) is 96.9 Å². The van der Waals surface area contributed by atoms with E-state index in [1.807, 2.05) is 0 Å². The standard InChI is InChI=1S/C16H18ClN3O4S.ClH/c17-14-3-1-2-4-15(14)25(22,23)20-7-5-19(6-8-20)16(21)12-9-13(10-18)24-11-12;/h1-4,9,11H,5-8,10,18H2;1H. The second kappa shape index (κ2) is 8.41. The Morgan fingerprint density at radius 2 is 1.85 bits per heavy atom. The van der Waals surface area contributed by atoms with Gasteiger partial charge in [-0.25, -0.2) is 8.42 Å². The molecule has 1 fully saturated rings. The van der Waals surface area contributed by atoms with Crippen LogP contribution in [-0.2, 0) is 16.6 Å². The van der Waals surface area contributed by atoms with Crippen LogP contribution < -0.4 is 5.73 Å². The van der Waals surface area contributed by atoms with Crippen molar-refractivity contribution in [1.29, 1.82) is 0 Å². The van der Waals surface area contributed by atoms with Gasteiger partial charge in [-0.05, 0) is 18.2 Å². The molecule has 1 aromatic carbocycles. The van der Waals surface area contributed by atoms with E-state index in [0.29, 0.717) is 24.4 Å². The summed E-state index contributed by atoms with van der Waals surface area (Å²) in [4.78, 5) is 14.1. The number of halogens is 2. The smallest absolute Gasteiger partial charge is 0.257 e. The summed E-state index contributed by atoms with van der Waals surface area (Å²) < 4.78 is 31.9. The average molecular weight is 420 g/mol. The largest absolute Gasteiger partial charge is 0.467 e. The van der Waals surface area contributed by atoms with Crippen LogP contribution in [0.4, 0.5) is 0 Å².